The largest absolute Gasteiger partial charge is 0.494 e. The number of carbonyl (C=O) groups excluding carboxylic acids is 10. The molecule has 6 amide bonds. The maximum atomic E-state index is 13.2. The van der Waals surface area contributed by atoms with Crippen LogP contribution in [0.15, 0.2) is 48.5 Å². The van der Waals surface area contributed by atoms with Crippen molar-refractivity contribution in [2.75, 3.05) is 152 Å². The van der Waals surface area contributed by atoms with Crippen LogP contribution in [0.5, 0.6) is 11.5 Å². The smallest absolute Gasteiger partial charge is 0.335 e. The highest BCUT2D eigenvalue weighted by molar-refractivity contribution is 5.89. The van der Waals surface area contributed by atoms with Gasteiger partial charge in [0.15, 0.2) is 5.78 Å². The summed E-state index contributed by atoms with van der Waals surface area (Å²) in [4.78, 5) is 170. The van der Waals surface area contributed by atoms with Gasteiger partial charge in [-0.1, -0.05) is 70.6 Å². The fraction of sp³-hybridized carbons (Fsp3) is 0.698. The van der Waals surface area contributed by atoms with Crippen molar-refractivity contribution in [3.8, 4) is 11.5 Å². The molecule has 2 rings (SSSR count). The second-order valence-corrected chi connectivity index (χ2v) is 29.3. The number of hydrogen-bond donors (Lipinski definition) is 11. The van der Waals surface area contributed by atoms with Crippen LogP contribution < -0.4 is 46.7 Å². The van der Waals surface area contributed by atoms with E-state index >= 15 is 0 Å². The number of aliphatic carboxylic acids is 2. The van der Waals surface area contributed by atoms with Crippen molar-refractivity contribution >= 4 is 82.5 Å². The zero-order chi connectivity index (χ0) is 88.6. The fourth-order valence-electron chi connectivity index (χ4n) is 12.2. The number of carboxylic acid groups (broad SMARTS) is 4. The van der Waals surface area contributed by atoms with Gasteiger partial charge in [0.25, 0.3) is 0 Å². The van der Waals surface area contributed by atoms with E-state index in [0.29, 0.717) is 122 Å². The summed E-state index contributed by atoms with van der Waals surface area (Å²) in [6.45, 7) is 4.98. The summed E-state index contributed by atoms with van der Waals surface area (Å²) in [6, 6.07) is 9.56. The molecule has 0 aliphatic heterocycles. The van der Waals surface area contributed by atoms with Crippen LogP contribution in [0, 0.1) is 5.92 Å². The molecule has 121 heavy (non-hydrogen) atoms. The molecule has 684 valence electrons. The van der Waals surface area contributed by atoms with Gasteiger partial charge in [0.2, 0.25) is 35.4 Å². The predicted molar refractivity (Wildman–Crippen MR) is 445 cm³/mol. The minimum absolute atomic E-state index is 0.0103. The van der Waals surface area contributed by atoms with Crippen molar-refractivity contribution in [3.63, 3.8) is 0 Å². The quantitative estimate of drug-likeness (QED) is 0.0290. The summed E-state index contributed by atoms with van der Waals surface area (Å²) in [5, 5.41) is 56.0. The molecule has 0 bridgehead atoms. The highest BCUT2D eigenvalue weighted by Crippen LogP contribution is 2.20. The summed E-state index contributed by atoms with van der Waals surface area (Å²) >= 11 is 0. The lowest BCUT2D eigenvalue weighted by atomic mass is 9.90. The Morgan fingerprint density at radius 2 is 0.661 bits per heavy atom. The van der Waals surface area contributed by atoms with Crippen LogP contribution >= 0.6 is 0 Å². The Morgan fingerprint density at radius 3 is 1.10 bits per heavy atom. The van der Waals surface area contributed by atoms with Gasteiger partial charge in [-0.2, -0.15) is 0 Å². The lowest BCUT2D eigenvalue weighted by Gasteiger charge is -2.18. The van der Waals surface area contributed by atoms with Crippen molar-refractivity contribution in [3.05, 3.63) is 59.7 Å². The monoisotopic (exact) mass is 1720 g/mol. The van der Waals surface area contributed by atoms with E-state index in [-0.39, 0.29) is 189 Å². The van der Waals surface area contributed by atoms with Crippen LogP contribution in [0.1, 0.15) is 233 Å². The Balaban J connectivity index is 1.39. The summed E-state index contributed by atoms with van der Waals surface area (Å²) in [7, 11) is 1.66. The van der Waals surface area contributed by atoms with Crippen molar-refractivity contribution in [1.82, 2.24) is 37.2 Å². The first kappa shape index (κ1) is 108. The normalized spacial score (nSPS) is 12.1. The molecule has 4 atom stereocenters. The zero-order valence-corrected chi connectivity index (χ0v) is 71.2. The number of rotatable bonds is 84. The number of Topliss-reactive ketones (excluding diaryl/α,β-unsaturated/α-hetero) is 4. The summed E-state index contributed by atoms with van der Waals surface area (Å²) in [6.07, 6.45) is 19.7. The molecule has 11 N–H and O–H groups in total. The Morgan fingerprint density at radius 1 is 0.298 bits per heavy atom. The van der Waals surface area contributed by atoms with Gasteiger partial charge < -0.3 is 105 Å². The van der Waals surface area contributed by atoms with Crippen LogP contribution in [0.3, 0.4) is 0 Å². The summed E-state index contributed by atoms with van der Waals surface area (Å²) < 4.78 is 54.6. The average molecular weight is 1720 g/mol. The molecule has 0 saturated carbocycles. The summed E-state index contributed by atoms with van der Waals surface area (Å²) in [5.41, 5.74) is 0.450. The van der Waals surface area contributed by atoms with Crippen LogP contribution in [0.2, 0.25) is 0 Å². The molecule has 0 aliphatic rings. The van der Waals surface area contributed by atoms with Gasteiger partial charge in [-0.3, -0.25) is 47.9 Å². The topological polar surface area (TPSA) is 496 Å². The number of nitrogens with one attached hydrogen (secondary N) is 7. The molecule has 0 aliphatic carbocycles. The van der Waals surface area contributed by atoms with Crippen LogP contribution in [0.4, 0.5) is 0 Å². The number of amides is 6. The lowest BCUT2D eigenvalue weighted by Crippen LogP contribution is -2.43. The standard InChI is InChI=1S/C86H137N7O28/c1-65(94)66(23-15-17-43-88-78(99)41-38-74(85(108)109)93-82(103)64-119-60-56-115-52-46-91-80(101)62-117-58-53-112-47-21-25-69(95)24-13-9-5-3-7-11-19-49-120-71-34-29-67(30-35-71)83(104)105)33-40-76(97)73(87-2)27-16-18-44-89-79(100)42-39-75(86(110)111)92-81(102)63-118-59-54-113-48-22-26-70(96)61-116-57-55-114-51-45-90-77(98)28-14-10-6-4-8-12-20-50-121-72-36-31-68(32-37-72)84(106)107/h29-32,34-37,66,73-75,87H,3-28,33,38-64H2,1-2H3,(H,88,99)(H,89,100)(H,90,98)(H,91,101)(H,92,102)(H,93,103)(H,104,105)(H,106,107)(H,108,109)(H,110,111)/t66-,73+,74+,75+/m1/s1. The highest BCUT2D eigenvalue weighted by Gasteiger charge is 2.25. The van der Waals surface area contributed by atoms with E-state index in [1.54, 1.807) is 31.3 Å². The summed E-state index contributed by atoms with van der Waals surface area (Å²) in [5.74, 6) is -6.28. The molecule has 35 heteroatoms. The number of carbonyl (C=O) groups is 14. The van der Waals surface area contributed by atoms with Gasteiger partial charge in [-0.25, -0.2) is 19.2 Å². The SMILES string of the molecule is CN[C@@H](CCCCNC(=O)CC[C@H](NC(=O)COCCOCCCC(=O)COCCOCCNC(=O)CCCCCCCCCOc1ccc(C(=O)O)cc1)C(=O)O)C(=O)CC[C@@H](CCCCNC(=O)CC[C@H](NC(=O)COCCOCCNC(=O)COCCOCCCC(=O)CCCCCCCCCOc1ccc(C(=O)O)cc1)C(=O)O)C(C)=O. The first-order valence-corrected chi connectivity index (χ1v) is 42.9. The van der Waals surface area contributed by atoms with Crippen LogP contribution in [-0.2, 0) is 95.4 Å². The Kier molecular flexibility index (Phi) is 64.9. The Hall–Kier alpha value is -8.94. The molecule has 0 aromatic heterocycles. The fourth-order valence-corrected chi connectivity index (χ4v) is 12.2. The molecule has 0 spiro atoms. The first-order valence-electron chi connectivity index (χ1n) is 42.9. The minimum atomic E-state index is -1.35. The number of carboxylic acids is 4. The van der Waals surface area contributed by atoms with Crippen molar-refractivity contribution in [2.24, 2.45) is 5.92 Å². The highest BCUT2D eigenvalue weighted by atomic mass is 16.5. The van der Waals surface area contributed by atoms with Gasteiger partial charge in [-0.15, -0.1) is 0 Å². The van der Waals surface area contributed by atoms with Gasteiger partial charge >= 0.3 is 23.9 Å². The predicted octanol–water partition coefficient (Wildman–Crippen LogP) is 7.26. The number of likely N-dealkylation sites (N-methyl/N-ethyl adjacent to an activating group) is 1. The van der Waals surface area contributed by atoms with Gasteiger partial charge in [0.05, 0.1) is 96.5 Å². The maximum Gasteiger partial charge on any atom is 0.335 e. The van der Waals surface area contributed by atoms with Crippen LogP contribution in [-0.4, -0.2) is 273 Å². The number of unbranched alkanes of at least 4 members (excludes halogenated alkanes) is 14. The van der Waals surface area contributed by atoms with E-state index < -0.39 is 78.8 Å². The molecule has 0 fully saturated rings. The Labute approximate surface area is 711 Å². The molecular formula is C86H137N7O28. The average Bonchev–Trinajstić information content (AvgIpc) is 0.906. The third-order valence-electron chi connectivity index (χ3n) is 19.1. The number of hydrogen-bond acceptors (Lipinski definition) is 25. The maximum absolute atomic E-state index is 13.2. The minimum Gasteiger partial charge on any atom is -0.494 e. The van der Waals surface area contributed by atoms with Crippen LogP contribution in [0.25, 0.3) is 0 Å². The third-order valence-corrected chi connectivity index (χ3v) is 19.1. The molecule has 0 saturated heterocycles. The first-order chi connectivity index (χ1) is 58.5. The van der Waals surface area contributed by atoms with E-state index in [2.05, 4.69) is 37.2 Å². The van der Waals surface area contributed by atoms with E-state index in [4.69, 9.17) is 57.6 Å². The van der Waals surface area contributed by atoms with Crippen molar-refractivity contribution in [2.45, 2.75) is 231 Å². The lowest BCUT2D eigenvalue weighted by molar-refractivity contribution is -0.143. The molecule has 0 radical (unpaired) electrons. The molecule has 2 aromatic rings. The number of aromatic carboxylic acids is 2. The Bertz CT molecular complexity index is 3260. The van der Waals surface area contributed by atoms with Gasteiger partial charge in [0, 0.05) is 90.3 Å². The molecule has 0 heterocycles. The molecule has 0 unspecified atom stereocenters. The second kappa shape index (κ2) is 72.7. The number of benzene rings is 2. The molecule has 35 nitrogen and oxygen atoms in total. The number of ether oxygens (including phenoxy) is 10. The number of ketones is 4. The van der Waals surface area contributed by atoms with E-state index in [1.165, 1.54) is 31.2 Å². The zero-order valence-electron chi connectivity index (χ0n) is 71.2. The van der Waals surface area contributed by atoms with E-state index in [0.717, 1.165) is 89.9 Å². The molecule has 2 aromatic carbocycles. The van der Waals surface area contributed by atoms with Crippen molar-refractivity contribution < 1.29 is 135 Å². The molecular weight excluding hydrogens is 1580 g/mol. The van der Waals surface area contributed by atoms with E-state index in [1.807, 2.05) is 0 Å². The third kappa shape index (κ3) is 61.9. The van der Waals surface area contributed by atoms with Gasteiger partial charge in [0.1, 0.15) is 67.4 Å². The van der Waals surface area contributed by atoms with Gasteiger partial charge in [-0.05, 0) is 152 Å². The second-order valence-electron chi connectivity index (χ2n) is 29.3. The van der Waals surface area contributed by atoms with Crippen molar-refractivity contribution in [1.29, 1.82) is 0 Å². The van der Waals surface area contributed by atoms with E-state index in [9.17, 15) is 77.3 Å².